The predicted octanol–water partition coefficient (Wildman–Crippen LogP) is 2.94. The van der Waals surface area contributed by atoms with Gasteiger partial charge in [-0.1, -0.05) is 18.2 Å². The Labute approximate surface area is 152 Å². The zero-order valence-corrected chi connectivity index (χ0v) is 14.5. The minimum absolute atomic E-state index is 0.0299. The number of para-hydroxylation sites is 2. The van der Waals surface area contributed by atoms with Crippen LogP contribution in [-0.4, -0.2) is 32.6 Å². The molecule has 0 bridgehead atoms. The highest BCUT2D eigenvalue weighted by atomic mass is 16.5. The molecular weight excluding hydrogens is 328 g/mol. The van der Waals surface area contributed by atoms with Crippen LogP contribution in [0.5, 0.6) is 5.88 Å². The molecule has 1 N–H and O–H groups in total. The fraction of sp³-hybridized carbons (Fsp3) is 0.350. The Morgan fingerprint density at radius 3 is 2.69 bits per heavy atom. The molecule has 0 unspecified atom stereocenters. The molecule has 134 valence electrons. The van der Waals surface area contributed by atoms with E-state index in [9.17, 15) is 4.79 Å². The second-order valence-corrected chi connectivity index (χ2v) is 6.69. The van der Waals surface area contributed by atoms with Crippen molar-refractivity contribution in [2.75, 3.05) is 0 Å². The number of amides is 1. The van der Waals surface area contributed by atoms with Crippen molar-refractivity contribution in [1.82, 2.24) is 19.9 Å². The third-order valence-electron chi connectivity index (χ3n) is 4.81. The topological polar surface area (TPSA) is 69.0 Å². The van der Waals surface area contributed by atoms with Crippen LogP contribution in [0.2, 0.25) is 0 Å². The summed E-state index contributed by atoms with van der Waals surface area (Å²) in [6, 6.07) is 13.7. The normalized spacial score (nSPS) is 20.0. The average Bonchev–Trinajstić information content (AvgIpc) is 3.07. The van der Waals surface area contributed by atoms with E-state index >= 15 is 0 Å². The molecule has 1 aliphatic rings. The first-order chi connectivity index (χ1) is 12.8. The lowest BCUT2D eigenvalue weighted by molar-refractivity contribution is -0.122. The smallest absolute Gasteiger partial charge is 0.240 e. The molecule has 0 spiro atoms. The van der Waals surface area contributed by atoms with Crippen molar-refractivity contribution in [2.24, 2.45) is 0 Å². The van der Waals surface area contributed by atoms with E-state index in [1.807, 2.05) is 47.0 Å². The Morgan fingerprint density at radius 1 is 1.08 bits per heavy atom. The van der Waals surface area contributed by atoms with Crippen molar-refractivity contribution in [3.8, 4) is 5.88 Å². The zero-order valence-electron chi connectivity index (χ0n) is 14.5. The number of aromatic nitrogens is 3. The van der Waals surface area contributed by atoms with Crippen LogP contribution in [0.4, 0.5) is 0 Å². The summed E-state index contributed by atoms with van der Waals surface area (Å²) in [6.45, 7) is 0.297. The fourth-order valence-corrected chi connectivity index (χ4v) is 3.48. The number of ether oxygens (including phenoxy) is 1. The van der Waals surface area contributed by atoms with Gasteiger partial charge in [-0.25, -0.2) is 9.97 Å². The number of imidazole rings is 1. The lowest BCUT2D eigenvalue weighted by Crippen LogP contribution is -2.41. The van der Waals surface area contributed by atoms with Gasteiger partial charge in [0.1, 0.15) is 12.6 Å². The highest BCUT2D eigenvalue weighted by molar-refractivity contribution is 5.80. The van der Waals surface area contributed by atoms with Crippen molar-refractivity contribution in [2.45, 2.75) is 44.4 Å². The van der Waals surface area contributed by atoms with Crippen LogP contribution in [0.15, 0.2) is 55.0 Å². The van der Waals surface area contributed by atoms with Gasteiger partial charge >= 0.3 is 0 Å². The van der Waals surface area contributed by atoms with E-state index in [4.69, 9.17) is 4.74 Å². The first-order valence-corrected chi connectivity index (χ1v) is 9.05. The molecule has 26 heavy (non-hydrogen) atoms. The molecule has 0 aliphatic heterocycles. The molecule has 0 saturated heterocycles. The van der Waals surface area contributed by atoms with Gasteiger partial charge in [-0.3, -0.25) is 4.79 Å². The van der Waals surface area contributed by atoms with Gasteiger partial charge in [0.25, 0.3) is 0 Å². The molecule has 2 heterocycles. The van der Waals surface area contributed by atoms with Gasteiger partial charge in [0.15, 0.2) is 0 Å². The van der Waals surface area contributed by atoms with Gasteiger partial charge in [0.2, 0.25) is 11.8 Å². The number of pyridine rings is 1. The molecule has 0 radical (unpaired) electrons. The predicted molar refractivity (Wildman–Crippen MR) is 98.8 cm³/mol. The highest BCUT2D eigenvalue weighted by Gasteiger charge is 2.24. The summed E-state index contributed by atoms with van der Waals surface area (Å²) in [7, 11) is 0. The Balaban J connectivity index is 1.27. The van der Waals surface area contributed by atoms with E-state index in [1.165, 1.54) is 0 Å². The van der Waals surface area contributed by atoms with Gasteiger partial charge in [0, 0.05) is 18.3 Å². The number of benzene rings is 1. The summed E-state index contributed by atoms with van der Waals surface area (Å²) in [5.74, 6) is 0.703. The van der Waals surface area contributed by atoms with Crippen molar-refractivity contribution < 1.29 is 9.53 Å². The number of nitrogens with one attached hydrogen (secondary N) is 1. The molecule has 6 heteroatoms. The monoisotopic (exact) mass is 350 g/mol. The van der Waals surface area contributed by atoms with Gasteiger partial charge < -0.3 is 14.6 Å². The number of hydrogen-bond acceptors (Lipinski definition) is 4. The summed E-state index contributed by atoms with van der Waals surface area (Å²) in [4.78, 5) is 20.9. The number of hydrogen-bond donors (Lipinski definition) is 1. The van der Waals surface area contributed by atoms with Gasteiger partial charge in [0.05, 0.1) is 17.4 Å². The van der Waals surface area contributed by atoms with E-state index in [-0.39, 0.29) is 18.1 Å². The second kappa shape index (κ2) is 7.56. The summed E-state index contributed by atoms with van der Waals surface area (Å²) < 4.78 is 7.80. The second-order valence-electron chi connectivity index (χ2n) is 6.69. The lowest BCUT2D eigenvalue weighted by Gasteiger charge is -2.29. The quantitative estimate of drug-likeness (QED) is 0.768. The van der Waals surface area contributed by atoms with Crippen molar-refractivity contribution in [1.29, 1.82) is 0 Å². The third kappa shape index (κ3) is 3.85. The molecule has 3 aromatic rings. The molecule has 1 aliphatic carbocycles. The van der Waals surface area contributed by atoms with Crippen LogP contribution < -0.4 is 10.1 Å². The van der Waals surface area contributed by atoms with Gasteiger partial charge in [-0.15, -0.1) is 0 Å². The molecule has 2 aromatic heterocycles. The SMILES string of the molecule is O=C(Cn1cnc2ccccc21)NC1CCC(Oc2ccccn2)CC1. The van der Waals surface area contributed by atoms with Gasteiger partial charge in [-0.2, -0.15) is 0 Å². The van der Waals surface area contributed by atoms with E-state index in [0.29, 0.717) is 12.4 Å². The molecule has 0 atom stereocenters. The molecule has 1 saturated carbocycles. The van der Waals surface area contributed by atoms with E-state index < -0.39 is 0 Å². The Kier molecular flexibility index (Phi) is 4.82. The number of carbonyl (C=O) groups excluding carboxylic acids is 1. The standard InChI is InChI=1S/C20H22N4O2/c25-19(13-24-14-22-17-5-1-2-6-18(17)24)23-15-8-10-16(11-9-15)26-20-7-3-4-12-21-20/h1-7,12,14-16H,8-11,13H2,(H,23,25). The van der Waals surface area contributed by atoms with Crippen molar-refractivity contribution >= 4 is 16.9 Å². The Bertz CT molecular complexity index is 870. The molecule has 6 nitrogen and oxygen atoms in total. The van der Waals surface area contributed by atoms with Crippen LogP contribution >= 0.6 is 0 Å². The van der Waals surface area contributed by atoms with Crippen LogP contribution in [0.1, 0.15) is 25.7 Å². The number of carbonyl (C=O) groups is 1. The largest absolute Gasteiger partial charge is 0.474 e. The maximum atomic E-state index is 12.4. The van der Waals surface area contributed by atoms with E-state index in [0.717, 1.165) is 36.7 Å². The highest BCUT2D eigenvalue weighted by Crippen LogP contribution is 2.23. The summed E-state index contributed by atoms with van der Waals surface area (Å²) in [5, 5.41) is 3.15. The lowest BCUT2D eigenvalue weighted by atomic mass is 9.93. The minimum Gasteiger partial charge on any atom is -0.474 e. The van der Waals surface area contributed by atoms with Crippen LogP contribution in [0, 0.1) is 0 Å². The van der Waals surface area contributed by atoms with Crippen molar-refractivity contribution in [3.05, 3.63) is 55.0 Å². The summed E-state index contributed by atoms with van der Waals surface area (Å²) in [5.41, 5.74) is 1.89. The number of rotatable bonds is 5. The number of fused-ring (bicyclic) bond motifs is 1. The number of nitrogens with zero attached hydrogens (tertiary/aromatic N) is 3. The van der Waals surface area contributed by atoms with E-state index in [1.54, 1.807) is 12.5 Å². The van der Waals surface area contributed by atoms with Crippen molar-refractivity contribution in [3.63, 3.8) is 0 Å². The van der Waals surface area contributed by atoms with Gasteiger partial charge in [-0.05, 0) is 43.9 Å². The fourth-order valence-electron chi connectivity index (χ4n) is 3.48. The first kappa shape index (κ1) is 16.6. The molecule has 4 rings (SSSR count). The van der Waals surface area contributed by atoms with Crippen LogP contribution in [0.25, 0.3) is 11.0 Å². The third-order valence-corrected chi connectivity index (χ3v) is 4.81. The minimum atomic E-state index is 0.0299. The molecule has 1 amide bonds. The summed E-state index contributed by atoms with van der Waals surface area (Å²) in [6.07, 6.45) is 7.34. The maximum Gasteiger partial charge on any atom is 0.240 e. The van der Waals surface area contributed by atoms with Crippen LogP contribution in [-0.2, 0) is 11.3 Å². The van der Waals surface area contributed by atoms with E-state index in [2.05, 4.69) is 15.3 Å². The Morgan fingerprint density at radius 2 is 1.88 bits per heavy atom. The maximum absolute atomic E-state index is 12.4. The molecule has 1 aromatic carbocycles. The molecular formula is C20H22N4O2. The molecule has 1 fully saturated rings. The summed E-state index contributed by atoms with van der Waals surface area (Å²) >= 11 is 0. The Hall–Kier alpha value is -2.89. The zero-order chi connectivity index (χ0) is 17.8. The van der Waals surface area contributed by atoms with Crippen LogP contribution in [0.3, 0.4) is 0 Å². The average molecular weight is 350 g/mol. The first-order valence-electron chi connectivity index (χ1n) is 9.05.